The Morgan fingerprint density at radius 2 is 2.05 bits per heavy atom. The molecule has 1 heterocycles. The van der Waals surface area contributed by atoms with Gasteiger partial charge in [0.25, 0.3) is 0 Å². The SMILES string of the molecule is C=C(C)CNc1sc(C(=O)C(C)C)c(N)c1C(=O)OCC. The van der Waals surface area contributed by atoms with E-state index in [1.807, 2.05) is 6.92 Å². The second-order valence-corrected chi connectivity index (χ2v) is 6.12. The number of carbonyl (C=O) groups is 2. The molecule has 0 aromatic carbocycles. The van der Waals surface area contributed by atoms with Crippen molar-refractivity contribution in [2.75, 3.05) is 24.2 Å². The fourth-order valence-electron chi connectivity index (χ4n) is 1.65. The van der Waals surface area contributed by atoms with Gasteiger partial charge in [-0.15, -0.1) is 11.3 Å². The minimum Gasteiger partial charge on any atom is -0.462 e. The third kappa shape index (κ3) is 4.07. The molecule has 0 radical (unpaired) electrons. The van der Waals surface area contributed by atoms with E-state index in [2.05, 4.69) is 11.9 Å². The monoisotopic (exact) mass is 310 g/mol. The summed E-state index contributed by atoms with van der Waals surface area (Å²) < 4.78 is 5.02. The van der Waals surface area contributed by atoms with Gasteiger partial charge < -0.3 is 15.8 Å². The van der Waals surface area contributed by atoms with Crippen LogP contribution in [0.5, 0.6) is 0 Å². The van der Waals surface area contributed by atoms with Gasteiger partial charge in [-0.3, -0.25) is 4.79 Å². The molecule has 3 N–H and O–H groups in total. The zero-order valence-corrected chi connectivity index (χ0v) is 13.7. The van der Waals surface area contributed by atoms with Crippen LogP contribution in [0, 0.1) is 5.92 Å². The average molecular weight is 310 g/mol. The summed E-state index contributed by atoms with van der Waals surface area (Å²) in [6.45, 7) is 11.7. The highest BCUT2D eigenvalue weighted by molar-refractivity contribution is 7.19. The highest BCUT2D eigenvalue weighted by atomic mass is 32.1. The number of carbonyl (C=O) groups excluding carboxylic acids is 2. The molecule has 0 aliphatic carbocycles. The van der Waals surface area contributed by atoms with E-state index in [0.717, 1.165) is 5.57 Å². The largest absolute Gasteiger partial charge is 0.462 e. The van der Waals surface area contributed by atoms with E-state index in [1.165, 1.54) is 11.3 Å². The molecule has 1 aromatic rings. The summed E-state index contributed by atoms with van der Waals surface area (Å²) in [4.78, 5) is 24.7. The Balaban J connectivity index is 3.26. The van der Waals surface area contributed by atoms with Crippen LogP contribution in [0.2, 0.25) is 0 Å². The topological polar surface area (TPSA) is 81.4 Å². The number of ether oxygens (including phenoxy) is 1. The number of hydrogen-bond acceptors (Lipinski definition) is 6. The van der Waals surface area contributed by atoms with E-state index in [4.69, 9.17) is 10.5 Å². The molecular formula is C15H22N2O3S. The Kier molecular flexibility index (Phi) is 5.96. The van der Waals surface area contributed by atoms with Gasteiger partial charge in [0.15, 0.2) is 5.78 Å². The maximum absolute atomic E-state index is 12.2. The van der Waals surface area contributed by atoms with Crippen LogP contribution in [0.15, 0.2) is 12.2 Å². The molecular weight excluding hydrogens is 288 g/mol. The van der Waals surface area contributed by atoms with Crippen molar-refractivity contribution in [2.45, 2.75) is 27.7 Å². The minimum atomic E-state index is -0.515. The Morgan fingerprint density at radius 3 is 2.52 bits per heavy atom. The highest BCUT2D eigenvalue weighted by Gasteiger charge is 2.27. The Labute approximate surface area is 129 Å². The average Bonchev–Trinajstić information content (AvgIpc) is 2.72. The molecule has 6 heteroatoms. The van der Waals surface area contributed by atoms with Gasteiger partial charge >= 0.3 is 5.97 Å². The van der Waals surface area contributed by atoms with Crippen molar-refractivity contribution in [1.82, 2.24) is 0 Å². The van der Waals surface area contributed by atoms with Crippen molar-refractivity contribution in [3.63, 3.8) is 0 Å². The van der Waals surface area contributed by atoms with Gasteiger partial charge in [-0.05, 0) is 13.8 Å². The Morgan fingerprint density at radius 1 is 1.43 bits per heavy atom. The van der Waals surface area contributed by atoms with Gasteiger partial charge in [0.2, 0.25) is 0 Å². The molecule has 116 valence electrons. The molecule has 0 spiro atoms. The van der Waals surface area contributed by atoms with Crippen LogP contribution < -0.4 is 11.1 Å². The second kappa shape index (κ2) is 7.26. The zero-order chi connectivity index (χ0) is 16.2. The quantitative estimate of drug-likeness (QED) is 0.458. The van der Waals surface area contributed by atoms with E-state index >= 15 is 0 Å². The molecule has 0 aliphatic rings. The highest BCUT2D eigenvalue weighted by Crippen LogP contribution is 2.37. The number of thiophene rings is 1. The fraction of sp³-hybridized carbons (Fsp3) is 0.467. The summed E-state index contributed by atoms with van der Waals surface area (Å²) in [7, 11) is 0. The van der Waals surface area contributed by atoms with Crippen molar-refractivity contribution >= 4 is 33.8 Å². The Hall–Kier alpha value is -1.82. The lowest BCUT2D eigenvalue weighted by Crippen LogP contribution is -2.12. The van der Waals surface area contributed by atoms with Gasteiger partial charge in [0.05, 0.1) is 17.2 Å². The molecule has 1 aromatic heterocycles. The minimum absolute atomic E-state index is 0.0774. The third-order valence-electron chi connectivity index (χ3n) is 2.72. The first-order valence-electron chi connectivity index (χ1n) is 6.81. The molecule has 1 rings (SSSR count). The standard InChI is InChI=1S/C15H22N2O3S/c1-6-20-15(19)10-11(16)13(12(18)9(4)5)21-14(10)17-7-8(2)3/h9,17H,2,6-7,16H2,1,3-5H3. The predicted molar refractivity (Wildman–Crippen MR) is 87.2 cm³/mol. The van der Waals surface area contributed by atoms with Crippen molar-refractivity contribution in [3.05, 3.63) is 22.6 Å². The normalized spacial score (nSPS) is 10.5. The van der Waals surface area contributed by atoms with Gasteiger partial charge in [-0.1, -0.05) is 26.0 Å². The van der Waals surface area contributed by atoms with Crippen molar-refractivity contribution in [1.29, 1.82) is 0 Å². The van der Waals surface area contributed by atoms with E-state index in [0.29, 0.717) is 16.4 Å². The number of anilines is 2. The van der Waals surface area contributed by atoms with Crippen LogP contribution in [0.3, 0.4) is 0 Å². The van der Waals surface area contributed by atoms with E-state index in [1.54, 1.807) is 20.8 Å². The van der Waals surface area contributed by atoms with Gasteiger partial charge in [-0.25, -0.2) is 4.79 Å². The number of rotatable bonds is 7. The van der Waals surface area contributed by atoms with Crippen molar-refractivity contribution in [3.8, 4) is 0 Å². The zero-order valence-electron chi connectivity index (χ0n) is 12.9. The molecule has 0 aliphatic heterocycles. The molecule has 0 saturated heterocycles. The maximum Gasteiger partial charge on any atom is 0.343 e. The predicted octanol–water partition coefficient (Wildman–Crippen LogP) is 3.33. The first kappa shape index (κ1) is 17.2. The number of nitrogens with one attached hydrogen (secondary N) is 1. The number of nitrogen functional groups attached to an aromatic ring is 1. The van der Waals surface area contributed by atoms with Crippen LogP contribution in [-0.4, -0.2) is 24.9 Å². The lowest BCUT2D eigenvalue weighted by molar-refractivity contribution is 0.0529. The van der Waals surface area contributed by atoms with E-state index in [-0.39, 0.29) is 29.6 Å². The molecule has 5 nitrogen and oxygen atoms in total. The maximum atomic E-state index is 12.2. The van der Waals surface area contributed by atoms with Crippen molar-refractivity contribution in [2.24, 2.45) is 5.92 Å². The summed E-state index contributed by atoms with van der Waals surface area (Å²) in [6, 6.07) is 0. The second-order valence-electron chi connectivity index (χ2n) is 5.10. The summed E-state index contributed by atoms with van der Waals surface area (Å²) in [5.74, 6) is -0.778. The van der Waals surface area contributed by atoms with Crippen LogP contribution in [-0.2, 0) is 4.74 Å². The Bertz CT molecular complexity index is 562. The van der Waals surface area contributed by atoms with E-state index < -0.39 is 5.97 Å². The molecule has 0 fully saturated rings. The molecule has 0 atom stereocenters. The summed E-state index contributed by atoms with van der Waals surface area (Å²) in [5.41, 5.74) is 7.36. The summed E-state index contributed by atoms with van der Waals surface area (Å²) >= 11 is 1.19. The number of hydrogen-bond donors (Lipinski definition) is 2. The first-order chi connectivity index (χ1) is 9.79. The lowest BCUT2D eigenvalue weighted by Gasteiger charge is -2.07. The first-order valence-corrected chi connectivity index (χ1v) is 7.63. The molecule has 0 amide bonds. The molecule has 0 unspecified atom stereocenters. The third-order valence-corrected chi connectivity index (χ3v) is 3.90. The van der Waals surface area contributed by atoms with Crippen molar-refractivity contribution < 1.29 is 14.3 Å². The van der Waals surface area contributed by atoms with Crippen LogP contribution in [0.1, 0.15) is 47.7 Å². The lowest BCUT2D eigenvalue weighted by atomic mass is 10.1. The molecule has 0 saturated carbocycles. The number of Topliss-reactive ketones (excluding diaryl/α,β-unsaturated/α-hetero) is 1. The number of ketones is 1. The molecule has 0 bridgehead atoms. The summed E-state index contributed by atoms with van der Waals surface area (Å²) in [5, 5.41) is 3.65. The van der Waals surface area contributed by atoms with E-state index in [9.17, 15) is 9.59 Å². The number of esters is 1. The fourth-order valence-corrected chi connectivity index (χ4v) is 2.84. The van der Waals surface area contributed by atoms with Gasteiger partial charge in [0, 0.05) is 12.5 Å². The molecule has 21 heavy (non-hydrogen) atoms. The van der Waals surface area contributed by atoms with Crippen LogP contribution in [0.25, 0.3) is 0 Å². The van der Waals surface area contributed by atoms with Gasteiger partial charge in [-0.2, -0.15) is 0 Å². The van der Waals surface area contributed by atoms with Crippen LogP contribution >= 0.6 is 11.3 Å². The smallest absolute Gasteiger partial charge is 0.343 e. The summed E-state index contributed by atoms with van der Waals surface area (Å²) in [6.07, 6.45) is 0. The number of nitrogens with two attached hydrogens (primary N) is 1. The van der Waals surface area contributed by atoms with Gasteiger partial charge in [0.1, 0.15) is 10.6 Å². The van der Waals surface area contributed by atoms with Crippen LogP contribution in [0.4, 0.5) is 10.7 Å².